The van der Waals surface area contributed by atoms with Crippen LogP contribution in [0.5, 0.6) is 5.75 Å². The Morgan fingerprint density at radius 2 is 1.93 bits per heavy atom. The lowest BCUT2D eigenvalue weighted by molar-refractivity contribution is 0.0645. The van der Waals surface area contributed by atoms with Gasteiger partial charge < -0.3 is 15.0 Å². The lowest BCUT2D eigenvalue weighted by Crippen LogP contribution is -2.52. The van der Waals surface area contributed by atoms with Crippen LogP contribution in [-0.2, 0) is 0 Å². The van der Waals surface area contributed by atoms with Crippen LogP contribution in [0, 0.1) is 5.92 Å². The zero-order valence-electron chi connectivity index (χ0n) is 15.0. The number of carbonyl (C=O) groups excluding carboxylic acids is 2. The van der Waals surface area contributed by atoms with Crippen LogP contribution >= 0.6 is 11.6 Å². The molecule has 2 amide bonds. The SMILES string of the molecule is COc1cc(Cl)ccc1C(=O)N1C[C@@H]2C[C@H](NC(=O)c3ccccc3)[C@H]1C2. The first kappa shape index (κ1) is 17.9. The zero-order chi connectivity index (χ0) is 19.0. The van der Waals surface area contributed by atoms with E-state index < -0.39 is 0 Å². The van der Waals surface area contributed by atoms with Gasteiger partial charge in [-0.15, -0.1) is 0 Å². The first-order valence-electron chi connectivity index (χ1n) is 9.07. The fraction of sp³-hybridized carbons (Fsp3) is 0.333. The molecule has 140 valence electrons. The Hall–Kier alpha value is -2.53. The van der Waals surface area contributed by atoms with Crippen molar-refractivity contribution in [2.24, 2.45) is 5.92 Å². The fourth-order valence-corrected chi connectivity index (χ4v) is 4.41. The molecular weight excluding hydrogens is 364 g/mol. The van der Waals surface area contributed by atoms with Crippen molar-refractivity contribution in [1.29, 1.82) is 0 Å². The molecule has 5 nitrogen and oxygen atoms in total. The third-order valence-electron chi connectivity index (χ3n) is 5.49. The molecule has 4 rings (SSSR count). The van der Waals surface area contributed by atoms with Gasteiger partial charge in [0.2, 0.25) is 0 Å². The molecule has 27 heavy (non-hydrogen) atoms. The number of nitrogens with one attached hydrogen (secondary N) is 1. The van der Waals surface area contributed by atoms with Crippen molar-refractivity contribution < 1.29 is 14.3 Å². The summed E-state index contributed by atoms with van der Waals surface area (Å²) in [6.45, 7) is 0.715. The van der Waals surface area contributed by atoms with Crippen LogP contribution in [0.1, 0.15) is 33.6 Å². The minimum Gasteiger partial charge on any atom is -0.496 e. The van der Waals surface area contributed by atoms with Gasteiger partial charge in [-0.1, -0.05) is 29.8 Å². The molecule has 2 aliphatic rings. The summed E-state index contributed by atoms with van der Waals surface area (Å²) in [4.78, 5) is 27.5. The van der Waals surface area contributed by atoms with Crippen LogP contribution in [0.4, 0.5) is 0 Å². The van der Waals surface area contributed by atoms with E-state index in [0.29, 0.717) is 34.4 Å². The van der Waals surface area contributed by atoms with Gasteiger partial charge in [0, 0.05) is 23.2 Å². The van der Waals surface area contributed by atoms with Gasteiger partial charge in [0.05, 0.1) is 18.7 Å². The van der Waals surface area contributed by atoms with E-state index in [-0.39, 0.29) is 23.9 Å². The highest BCUT2D eigenvalue weighted by Gasteiger charge is 2.47. The van der Waals surface area contributed by atoms with E-state index in [4.69, 9.17) is 16.3 Å². The van der Waals surface area contributed by atoms with Crippen molar-refractivity contribution in [3.63, 3.8) is 0 Å². The number of likely N-dealkylation sites (tertiary alicyclic amines) is 1. The number of methoxy groups -OCH3 is 1. The highest BCUT2D eigenvalue weighted by molar-refractivity contribution is 6.30. The van der Waals surface area contributed by atoms with E-state index >= 15 is 0 Å². The number of carbonyl (C=O) groups is 2. The average Bonchev–Trinajstić information content (AvgIpc) is 3.28. The Kier molecular flexibility index (Phi) is 4.79. The second kappa shape index (κ2) is 7.24. The molecule has 1 saturated heterocycles. The van der Waals surface area contributed by atoms with Crippen LogP contribution in [0.3, 0.4) is 0 Å². The quantitative estimate of drug-likeness (QED) is 0.879. The highest BCUT2D eigenvalue weighted by Crippen LogP contribution is 2.39. The van der Waals surface area contributed by atoms with E-state index in [1.54, 1.807) is 30.3 Å². The molecule has 0 unspecified atom stereocenters. The van der Waals surface area contributed by atoms with E-state index in [9.17, 15) is 9.59 Å². The van der Waals surface area contributed by atoms with Crippen molar-refractivity contribution in [1.82, 2.24) is 10.2 Å². The number of halogens is 1. The topological polar surface area (TPSA) is 58.6 Å². The first-order chi connectivity index (χ1) is 13.1. The molecule has 1 aliphatic carbocycles. The monoisotopic (exact) mass is 384 g/mol. The summed E-state index contributed by atoms with van der Waals surface area (Å²) in [5.41, 5.74) is 1.14. The number of hydrogen-bond acceptors (Lipinski definition) is 3. The largest absolute Gasteiger partial charge is 0.496 e. The van der Waals surface area contributed by atoms with E-state index in [1.165, 1.54) is 7.11 Å². The van der Waals surface area contributed by atoms with Crippen molar-refractivity contribution >= 4 is 23.4 Å². The third kappa shape index (κ3) is 3.39. The molecule has 2 aromatic rings. The standard InChI is InChI=1S/C21H21ClN2O3/c1-27-19-11-15(22)7-8-16(19)21(26)24-12-13-9-17(18(24)10-13)23-20(25)14-5-3-2-4-6-14/h2-8,11,13,17-18H,9-10,12H2,1H3,(H,23,25)/t13-,17+,18-/m1/s1. The number of hydrogen-bond donors (Lipinski definition) is 1. The number of fused-ring (bicyclic) bond motifs is 2. The van der Waals surface area contributed by atoms with Gasteiger partial charge in [-0.25, -0.2) is 0 Å². The van der Waals surface area contributed by atoms with Crippen LogP contribution in [0.15, 0.2) is 48.5 Å². The van der Waals surface area contributed by atoms with E-state index in [2.05, 4.69) is 5.32 Å². The van der Waals surface area contributed by atoms with Gasteiger partial charge in [0.1, 0.15) is 5.75 Å². The molecule has 6 heteroatoms. The summed E-state index contributed by atoms with van der Waals surface area (Å²) < 4.78 is 5.33. The molecular formula is C21H21ClN2O3. The van der Waals surface area contributed by atoms with Gasteiger partial charge in [-0.3, -0.25) is 9.59 Å². The molecule has 2 bridgehead atoms. The second-order valence-electron chi connectivity index (χ2n) is 7.15. The zero-order valence-corrected chi connectivity index (χ0v) is 15.8. The summed E-state index contributed by atoms with van der Waals surface area (Å²) in [6.07, 6.45) is 1.83. The number of benzene rings is 2. The number of nitrogens with zero attached hydrogens (tertiary/aromatic N) is 1. The van der Waals surface area contributed by atoms with Crippen LogP contribution in [0.2, 0.25) is 5.02 Å². The smallest absolute Gasteiger partial charge is 0.257 e. The van der Waals surface area contributed by atoms with E-state index in [1.807, 2.05) is 23.1 Å². The Morgan fingerprint density at radius 1 is 1.15 bits per heavy atom. The Balaban J connectivity index is 1.51. The maximum atomic E-state index is 13.1. The third-order valence-corrected chi connectivity index (χ3v) is 5.72. The summed E-state index contributed by atoms with van der Waals surface area (Å²) in [6, 6.07) is 14.2. The fourth-order valence-electron chi connectivity index (χ4n) is 4.25. The Morgan fingerprint density at radius 3 is 2.63 bits per heavy atom. The van der Waals surface area contributed by atoms with Crippen LogP contribution in [-0.4, -0.2) is 42.5 Å². The minimum atomic E-state index is -0.0929. The molecule has 1 heterocycles. The minimum absolute atomic E-state index is 0.00977. The van der Waals surface area contributed by atoms with Gasteiger partial charge in [-0.2, -0.15) is 0 Å². The predicted octanol–water partition coefficient (Wildman–Crippen LogP) is 3.38. The lowest BCUT2D eigenvalue weighted by Gasteiger charge is -2.34. The molecule has 0 radical (unpaired) electrons. The maximum Gasteiger partial charge on any atom is 0.257 e. The molecule has 1 N–H and O–H groups in total. The maximum absolute atomic E-state index is 13.1. The van der Waals surface area contributed by atoms with Crippen molar-refractivity contribution in [2.75, 3.05) is 13.7 Å². The van der Waals surface area contributed by atoms with Crippen LogP contribution in [0.25, 0.3) is 0 Å². The first-order valence-corrected chi connectivity index (χ1v) is 9.45. The van der Waals surface area contributed by atoms with Crippen molar-refractivity contribution in [2.45, 2.75) is 24.9 Å². The molecule has 3 atom stereocenters. The predicted molar refractivity (Wildman–Crippen MR) is 103 cm³/mol. The van der Waals surface area contributed by atoms with Gasteiger partial charge in [0.25, 0.3) is 11.8 Å². The highest BCUT2D eigenvalue weighted by atomic mass is 35.5. The number of rotatable bonds is 4. The normalized spacial score (nSPS) is 23.3. The van der Waals surface area contributed by atoms with Crippen molar-refractivity contribution in [3.8, 4) is 5.75 Å². The summed E-state index contributed by atoms with van der Waals surface area (Å²) in [7, 11) is 1.53. The molecule has 2 fully saturated rings. The Bertz CT molecular complexity index is 871. The summed E-state index contributed by atoms with van der Waals surface area (Å²) in [5, 5.41) is 3.64. The summed E-state index contributed by atoms with van der Waals surface area (Å²) in [5.74, 6) is 0.720. The summed E-state index contributed by atoms with van der Waals surface area (Å²) >= 11 is 6.01. The Labute approximate surface area is 163 Å². The average molecular weight is 385 g/mol. The molecule has 0 spiro atoms. The van der Waals surface area contributed by atoms with Gasteiger partial charge in [0.15, 0.2) is 0 Å². The molecule has 1 saturated carbocycles. The molecule has 1 aliphatic heterocycles. The second-order valence-corrected chi connectivity index (χ2v) is 7.59. The number of piperidine rings is 1. The van der Waals surface area contributed by atoms with Gasteiger partial charge in [-0.05, 0) is 49.1 Å². The molecule has 0 aromatic heterocycles. The van der Waals surface area contributed by atoms with Crippen molar-refractivity contribution in [3.05, 3.63) is 64.7 Å². The number of amides is 2. The van der Waals surface area contributed by atoms with Gasteiger partial charge >= 0.3 is 0 Å². The van der Waals surface area contributed by atoms with Crippen LogP contribution < -0.4 is 10.1 Å². The lowest BCUT2D eigenvalue weighted by atomic mass is 10.0. The van der Waals surface area contributed by atoms with E-state index in [0.717, 1.165) is 12.8 Å². The molecule has 2 aromatic carbocycles. The number of ether oxygens (including phenoxy) is 1.